The first-order chi connectivity index (χ1) is 9.11. The molecule has 2 rings (SSSR count). The zero-order valence-electron chi connectivity index (χ0n) is 11.0. The summed E-state index contributed by atoms with van der Waals surface area (Å²) in [6, 6.07) is 8.15. The molecule has 1 saturated heterocycles. The van der Waals surface area contributed by atoms with Gasteiger partial charge in [-0.1, -0.05) is 36.7 Å². The van der Waals surface area contributed by atoms with Crippen LogP contribution in [0.3, 0.4) is 0 Å². The Labute approximate surface area is 118 Å². The largest absolute Gasteiger partial charge is 0.445 e. The summed E-state index contributed by atoms with van der Waals surface area (Å²) >= 11 is 6.26. The average molecular weight is 283 g/mol. The molecule has 0 saturated carbocycles. The maximum absolute atomic E-state index is 10.8. The standard InChI is InChI=1S/C14H19ClN2O2/c1-2-13(11-5-3-4-6-12(11)15)17-8-7-10(9-17)19-14(16)18/h3-6,10,13H,2,7-9H2,1H3,(H2,16,18)/t10-,13?/m0/s1. The number of nitrogens with two attached hydrogens (primary N) is 1. The molecule has 104 valence electrons. The van der Waals surface area contributed by atoms with Gasteiger partial charge in [-0.15, -0.1) is 0 Å². The SMILES string of the molecule is CCC(c1ccccc1Cl)N1CC[C@H](OC(N)=O)C1. The Kier molecular flexibility index (Phi) is 4.66. The summed E-state index contributed by atoms with van der Waals surface area (Å²) in [5.41, 5.74) is 6.19. The van der Waals surface area contributed by atoms with E-state index in [0.717, 1.165) is 30.0 Å². The van der Waals surface area contributed by atoms with Crippen molar-refractivity contribution in [1.29, 1.82) is 0 Å². The van der Waals surface area contributed by atoms with Crippen molar-refractivity contribution >= 4 is 17.7 Å². The minimum absolute atomic E-state index is 0.103. The molecule has 0 aliphatic carbocycles. The van der Waals surface area contributed by atoms with Gasteiger partial charge in [-0.3, -0.25) is 4.90 Å². The number of ether oxygens (including phenoxy) is 1. The molecule has 0 spiro atoms. The third kappa shape index (κ3) is 3.39. The van der Waals surface area contributed by atoms with Crippen molar-refractivity contribution in [1.82, 2.24) is 4.90 Å². The first-order valence-corrected chi connectivity index (χ1v) is 6.94. The number of rotatable bonds is 4. The predicted octanol–water partition coefficient (Wildman–Crippen LogP) is 2.96. The second-order valence-electron chi connectivity index (χ2n) is 4.79. The first-order valence-electron chi connectivity index (χ1n) is 6.56. The molecule has 1 fully saturated rings. The van der Waals surface area contributed by atoms with Crippen LogP contribution in [0.25, 0.3) is 0 Å². The molecule has 1 aliphatic heterocycles. The van der Waals surface area contributed by atoms with E-state index in [1.807, 2.05) is 18.2 Å². The van der Waals surface area contributed by atoms with Gasteiger partial charge in [-0.25, -0.2) is 4.79 Å². The second kappa shape index (κ2) is 6.26. The lowest BCUT2D eigenvalue weighted by molar-refractivity contribution is 0.104. The number of hydrogen-bond donors (Lipinski definition) is 1. The Bertz CT molecular complexity index is 453. The molecule has 1 heterocycles. The normalized spacial score (nSPS) is 21.3. The summed E-state index contributed by atoms with van der Waals surface area (Å²) in [5, 5.41) is 0.786. The molecule has 1 aliphatic rings. The monoisotopic (exact) mass is 282 g/mol. The van der Waals surface area contributed by atoms with Crippen LogP contribution in [0.2, 0.25) is 5.02 Å². The highest BCUT2D eigenvalue weighted by molar-refractivity contribution is 6.31. The molecule has 4 nitrogen and oxygen atoms in total. The van der Waals surface area contributed by atoms with Gasteiger partial charge in [0, 0.05) is 24.2 Å². The topological polar surface area (TPSA) is 55.6 Å². The fourth-order valence-electron chi connectivity index (χ4n) is 2.72. The van der Waals surface area contributed by atoms with E-state index < -0.39 is 6.09 Å². The number of carbonyl (C=O) groups is 1. The number of hydrogen-bond acceptors (Lipinski definition) is 3. The van der Waals surface area contributed by atoms with Gasteiger partial charge in [0.2, 0.25) is 0 Å². The third-order valence-electron chi connectivity index (χ3n) is 3.55. The fourth-order valence-corrected chi connectivity index (χ4v) is 2.98. The van der Waals surface area contributed by atoms with Crippen molar-refractivity contribution in [3.05, 3.63) is 34.9 Å². The summed E-state index contributed by atoms with van der Waals surface area (Å²) in [7, 11) is 0. The van der Waals surface area contributed by atoms with Gasteiger partial charge in [0.25, 0.3) is 0 Å². The summed E-state index contributed by atoms with van der Waals surface area (Å²) in [6.45, 7) is 3.74. The zero-order valence-corrected chi connectivity index (χ0v) is 11.8. The van der Waals surface area contributed by atoms with Crippen molar-refractivity contribution in [2.45, 2.75) is 31.9 Å². The quantitative estimate of drug-likeness (QED) is 0.924. The molecule has 2 atom stereocenters. The lowest BCUT2D eigenvalue weighted by Crippen LogP contribution is -2.30. The number of halogens is 1. The number of primary amides is 1. The molecule has 19 heavy (non-hydrogen) atoms. The lowest BCUT2D eigenvalue weighted by atomic mass is 10.0. The molecular formula is C14H19ClN2O2. The molecule has 1 unspecified atom stereocenters. The van der Waals surface area contributed by atoms with E-state index in [4.69, 9.17) is 22.1 Å². The van der Waals surface area contributed by atoms with Gasteiger partial charge in [-0.2, -0.15) is 0 Å². The van der Waals surface area contributed by atoms with Crippen molar-refractivity contribution in [2.24, 2.45) is 5.73 Å². The number of nitrogens with zero attached hydrogens (tertiary/aromatic N) is 1. The highest BCUT2D eigenvalue weighted by atomic mass is 35.5. The van der Waals surface area contributed by atoms with Gasteiger partial charge < -0.3 is 10.5 Å². The van der Waals surface area contributed by atoms with Crippen LogP contribution >= 0.6 is 11.6 Å². The molecule has 1 aromatic rings. The molecule has 0 bridgehead atoms. The molecule has 1 amide bonds. The van der Waals surface area contributed by atoms with E-state index in [-0.39, 0.29) is 12.1 Å². The molecular weight excluding hydrogens is 264 g/mol. The van der Waals surface area contributed by atoms with E-state index in [0.29, 0.717) is 6.54 Å². The van der Waals surface area contributed by atoms with Crippen LogP contribution < -0.4 is 5.73 Å². The minimum Gasteiger partial charge on any atom is -0.445 e. The molecule has 1 aromatic carbocycles. The maximum Gasteiger partial charge on any atom is 0.404 e. The highest BCUT2D eigenvalue weighted by Crippen LogP contribution is 2.32. The highest BCUT2D eigenvalue weighted by Gasteiger charge is 2.30. The third-order valence-corrected chi connectivity index (χ3v) is 3.90. The molecule has 0 radical (unpaired) electrons. The van der Waals surface area contributed by atoms with E-state index in [1.54, 1.807) is 0 Å². The van der Waals surface area contributed by atoms with Gasteiger partial charge >= 0.3 is 6.09 Å². The number of amides is 1. The van der Waals surface area contributed by atoms with Crippen molar-refractivity contribution in [3.8, 4) is 0 Å². The molecule has 5 heteroatoms. The average Bonchev–Trinajstić information content (AvgIpc) is 2.80. The van der Waals surface area contributed by atoms with E-state index in [1.165, 1.54) is 0 Å². The van der Waals surface area contributed by atoms with Crippen LogP contribution in [0.15, 0.2) is 24.3 Å². The number of carbonyl (C=O) groups excluding carboxylic acids is 1. The summed E-state index contributed by atoms with van der Waals surface area (Å²) in [5.74, 6) is 0. The second-order valence-corrected chi connectivity index (χ2v) is 5.20. The van der Waals surface area contributed by atoms with Crippen molar-refractivity contribution in [2.75, 3.05) is 13.1 Å². The summed E-state index contributed by atoms with van der Waals surface area (Å²) in [6.07, 6.45) is 0.989. The van der Waals surface area contributed by atoms with Crippen LogP contribution in [-0.4, -0.2) is 30.2 Å². The summed E-state index contributed by atoms with van der Waals surface area (Å²) < 4.78 is 5.07. The zero-order chi connectivity index (χ0) is 13.8. The van der Waals surface area contributed by atoms with Gasteiger partial charge in [0.1, 0.15) is 6.10 Å². The van der Waals surface area contributed by atoms with E-state index in [9.17, 15) is 4.79 Å². The summed E-state index contributed by atoms with van der Waals surface area (Å²) in [4.78, 5) is 13.1. The lowest BCUT2D eigenvalue weighted by Gasteiger charge is -2.27. The van der Waals surface area contributed by atoms with Gasteiger partial charge in [0.15, 0.2) is 0 Å². The Morgan fingerprint density at radius 3 is 2.95 bits per heavy atom. The Morgan fingerprint density at radius 1 is 1.58 bits per heavy atom. The van der Waals surface area contributed by atoms with Crippen LogP contribution in [0.5, 0.6) is 0 Å². The number of likely N-dealkylation sites (tertiary alicyclic amines) is 1. The van der Waals surface area contributed by atoms with Crippen molar-refractivity contribution < 1.29 is 9.53 Å². The van der Waals surface area contributed by atoms with Crippen LogP contribution in [0.4, 0.5) is 4.79 Å². The van der Waals surface area contributed by atoms with E-state index in [2.05, 4.69) is 17.9 Å². The first kappa shape index (κ1) is 14.2. The van der Waals surface area contributed by atoms with Gasteiger partial charge in [-0.05, 0) is 24.5 Å². The predicted molar refractivity (Wildman–Crippen MR) is 75.1 cm³/mol. The maximum atomic E-state index is 10.8. The van der Waals surface area contributed by atoms with Crippen LogP contribution in [0, 0.1) is 0 Å². The fraction of sp³-hybridized carbons (Fsp3) is 0.500. The Hall–Kier alpha value is -1.26. The smallest absolute Gasteiger partial charge is 0.404 e. The van der Waals surface area contributed by atoms with Crippen LogP contribution in [-0.2, 0) is 4.74 Å². The van der Waals surface area contributed by atoms with Crippen LogP contribution in [0.1, 0.15) is 31.4 Å². The molecule has 0 aromatic heterocycles. The Morgan fingerprint density at radius 2 is 2.32 bits per heavy atom. The Balaban J connectivity index is 2.08. The van der Waals surface area contributed by atoms with Crippen molar-refractivity contribution in [3.63, 3.8) is 0 Å². The van der Waals surface area contributed by atoms with Gasteiger partial charge in [0.05, 0.1) is 0 Å². The minimum atomic E-state index is -0.697. The molecule has 2 N–H and O–H groups in total. The van der Waals surface area contributed by atoms with E-state index >= 15 is 0 Å². The number of benzene rings is 1.